The quantitative estimate of drug-likeness (QED) is 0.388. The van der Waals surface area contributed by atoms with E-state index in [9.17, 15) is 18.4 Å². The molecule has 0 N–H and O–H groups in total. The summed E-state index contributed by atoms with van der Waals surface area (Å²) in [5, 5.41) is 0. The molecule has 1 heterocycles. The molecule has 1 aliphatic heterocycles. The maximum atomic E-state index is 12.4. The Labute approximate surface area is 185 Å². The van der Waals surface area contributed by atoms with Gasteiger partial charge in [-0.15, -0.1) is 0 Å². The molecule has 1 saturated heterocycles. The number of esters is 2. The van der Waals surface area contributed by atoms with E-state index in [1.807, 2.05) is 0 Å². The average molecular weight is 533 g/mol. The summed E-state index contributed by atoms with van der Waals surface area (Å²) in [6.07, 6.45) is 1.54. The molecule has 0 aromatic heterocycles. The van der Waals surface area contributed by atoms with Gasteiger partial charge in [0.1, 0.15) is 6.61 Å². The molecule has 0 saturated carbocycles. The fourth-order valence-corrected chi connectivity index (χ4v) is 4.60. The zero-order valence-electron chi connectivity index (χ0n) is 16.6. The molecule has 1 atom stereocenters. The van der Waals surface area contributed by atoms with E-state index in [0.29, 0.717) is 13.5 Å². The maximum absolute atomic E-state index is 12.4. The molecule has 3 rings (SSSR count). The molecule has 0 amide bonds. The van der Waals surface area contributed by atoms with Crippen LogP contribution >= 0.6 is 0 Å². The van der Waals surface area contributed by atoms with Crippen molar-refractivity contribution in [2.24, 2.45) is 0 Å². The second-order valence-corrected chi connectivity index (χ2v) is 9.50. The van der Waals surface area contributed by atoms with Gasteiger partial charge >= 0.3 is 107 Å². The Morgan fingerprint density at radius 1 is 1.03 bits per heavy atom. The van der Waals surface area contributed by atoms with Crippen LogP contribution in [0.2, 0.25) is 0 Å². The van der Waals surface area contributed by atoms with Gasteiger partial charge in [0.15, 0.2) is 6.61 Å². The third-order valence-electron chi connectivity index (χ3n) is 3.82. The summed E-state index contributed by atoms with van der Waals surface area (Å²) in [5.74, 6) is -6.21. The fraction of sp³-hybridized carbons (Fsp3) is 0.364. The Bertz CT molecular complexity index is 738. The minimum absolute atomic E-state index is 0.0287. The average Bonchev–Trinajstić information content (AvgIpc) is 3.25. The van der Waals surface area contributed by atoms with Gasteiger partial charge in [-0.3, -0.25) is 0 Å². The normalized spacial score (nSPS) is 15.8. The van der Waals surface area contributed by atoms with Crippen molar-refractivity contribution in [3.63, 3.8) is 0 Å². The molecule has 1 aliphatic rings. The Morgan fingerprint density at radius 3 is 2.07 bits per heavy atom. The van der Waals surface area contributed by atoms with Crippen LogP contribution in [-0.4, -0.2) is 43.8 Å². The van der Waals surface area contributed by atoms with Crippen LogP contribution in [0, 0.1) is 7.14 Å². The van der Waals surface area contributed by atoms with E-state index in [4.69, 9.17) is 9.47 Å². The standard InChI is InChI=1S/C12H10I.C10H14F2O5/c1-3-7-11(8-4-1)13-12-9-5-2-6-10-12;1-10(11,12)9(14)17-6-8(13)16-5-7-3-2-4-15-7/h1-10H;7H,2-6H2,1H3/q-1;. The number of benzene rings is 2. The molecule has 30 heavy (non-hydrogen) atoms. The van der Waals surface area contributed by atoms with Crippen LogP contribution in [0.15, 0.2) is 60.7 Å². The summed E-state index contributed by atoms with van der Waals surface area (Å²) in [5.41, 5.74) is 0. The van der Waals surface area contributed by atoms with Crippen LogP contribution in [0.4, 0.5) is 8.78 Å². The van der Waals surface area contributed by atoms with Gasteiger partial charge in [0.05, 0.1) is 6.10 Å². The first-order valence-corrected chi connectivity index (χ1v) is 11.6. The van der Waals surface area contributed by atoms with Crippen LogP contribution in [-0.2, 0) is 23.8 Å². The predicted molar refractivity (Wildman–Crippen MR) is 102 cm³/mol. The van der Waals surface area contributed by atoms with Crippen molar-refractivity contribution in [3.05, 3.63) is 67.8 Å². The van der Waals surface area contributed by atoms with E-state index in [1.165, 1.54) is 7.14 Å². The van der Waals surface area contributed by atoms with Crippen molar-refractivity contribution in [1.29, 1.82) is 0 Å². The third-order valence-corrected chi connectivity index (χ3v) is 6.50. The van der Waals surface area contributed by atoms with Gasteiger partial charge in [0.2, 0.25) is 0 Å². The summed E-state index contributed by atoms with van der Waals surface area (Å²) >= 11 is 0.0287. The van der Waals surface area contributed by atoms with E-state index in [2.05, 4.69) is 65.4 Å². The Balaban J connectivity index is 0.000000220. The predicted octanol–water partition coefficient (Wildman–Crippen LogP) is 0.722. The molecule has 8 heteroatoms. The molecular weight excluding hydrogens is 509 g/mol. The van der Waals surface area contributed by atoms with Gasteiger partial charge in [-0.1, -0.05) is 0 Å². The second-order valence-electron chi connectivity index (χ2n) is 6.47. The number of rotatable bonds is 7. The van der Waals surface area contributed by atoms with Gasteiger partial charge < -0.3 is 14.2 Å². The summed E-state index contributed by atoms with van der Waals surface area (Å²) in [6, 6.07) is 21.4. The first kappa shape index (κ1) is 24.2. The van der Waals surface area contributed by atoms with Crippen LogP contribution in [0.25, 0.3) is 0 Å². The van der Waals surface area contributed by atoms with Gasteiger partial charge in [-0.25, -0.2) is 9.59 Å². The number of ether oxygens (including phenoxy) is 3. The van der Waals surface area contributed by atoms with E-state index < -0.39 is 24.5 Å². The minimum atomic E-state index is -3.60. The molecule has 2 aromatic rings. The van der Waals surface area contributed by atoms with E-state index >= 15 is 0 Å². The van der Waals surface area contributed by atoms with E-state index in [-0.39, 0.29) is 33.9 Å². The number of halogens is 3. The van der Waals surface area contributed by atoms with Crippen molar-refractivity contribution in [2.75, 3.05) is 19.8 Å². The summed E-state index contributed by atoms with van der Waals surface area (Å²) in [4.78, 5) is 21.7. The molecular formula is C22H24F2IO5-. The number of carbonyl (C=O) groups is 2. The summed E-state index contributed by atoms with van der Waals surface area (Å²) < 4.78 is 41.6. The molecule has 1 unspecified atom stereocenters. The molecule has 1 fully saturated rings. The Hall–Kier alpha value is -2.07. The second kappa shape index (κ2) is 12.6. The number of hydrogen-bond acceptors (Lipinski definition) is 5. The van der Waals surface area contributed by atoms with Gasteiger partial charge in [-0.2, -0.15) is 8.78 Å². The van der Waals surface area contributed by atoms with Crippen molar-refractivity contribution in [1.82, 2.24) is 0 Å². The summed E-state index contributed by atoms with van der Waals surface area (Å²) in [6.45, 7) is 0.264. The first-order chi connectivity index (χ1) is 14.3. The van der Waals surface area contributed by atoms with Crippen molar-refractivity contribution in [2.45, 2.75) is 31.8 Å². The Morgan fingerprint density at radius 2 is 1.60 bits per heavy atom. The van der Waals surface area contributed by atoms with Gasteiger partial charge in [-0.05, 0) is 12.8 Å². The number of carbonyl (C=O) groups excluding carboxylic acids is 2. The zero-order chi connectivity index (χ0) is 21.8. The molecule has 164 valence electrons. The molecule has 0 bridgehead atoms. The van der Waals surface area contributed by atoms with E-state index in [1.54, 1.807) is 0 Å². The van der Waals surface area contributed by atoms with Crippen molar-refractivity contribution < 1.29 is 53.8 Å². The monoisotopic (exact) mass is 533 g/mol. The van der Waals surface area contributed by atoms with Gasteiger partial charge in [0.25, 0.3) is 0 Å². The third kappa shape index (κ3) is 9.62. The molecule has 2 aromatic carbocycles. The van der Waals surface area contributed by atoms with Crippen molar-refractivity contribution >= 4 is 11.9 Å². The fourth-order valence-electron chi connectivity index (χ4n) is 2.34. The van der Waals surface area contributed by atoms with Crippen LogP contribution in [0.5, 0.6) is 0 Å². The van der Waals surface area contributed by atoms with Crippen LogP contribution in [0.1, 0.15) is 19.8 Å². The van der Waals surface area contributed by atoms with Crippen LogP contribution in [0.3, 0.4) is 0 Å². The topological polar surface area (TPSA) is 61.8 Å². The number of alkyl halides is 2. The zero-order valence-corrected chi connectivity index (χ0v) is 18.7. The SMILES string of the molecule is CC(F)(F)C(=O)OCC(=O)OCC1CCCO1.c1ccc([I-]c2ccccc2)cc1. The first-order valence-electron chi connectivity index (χ1n) is 9.42. The molecule has 0 spiro atoms. The Kier molecular flexibility index (Phi) is 10.2. The van der Waals surface area contributed by atoms with Crippen LogP contribution < -0.4 is 21.2 Å². The van der Waals surface area contributed by atoms with E-state index in [0.717, 1.165) is 12.8 Å². The van der Waals surface area contributed by atoms with Gasteiger partial charge in [0, 0.05) is 13.5 Å². The number of hydrogen-bond donors (Lipinski definition) is 0. The molecule has 0 aliphatic carbocycles. The molecule has 0 radical (unpaired) electrons. The van der Waals surface area contributed by atoms with Crippen molar-refractivity contribution in [3.8, 4) is 0 Å². The molecule has 5 nitrogen and oxygen atoms in total. The summed E-state index contributed by atoms with van der Waals surface area (Å²) in [7, 11) is 0.